The number of benzene rings is 1. The molecule has 0 aliphatic carbocycles. The van der Waals surface area contributed by atoms with Gasteiger partial charge >= 0.3 is 0 Å². The van der Waals surface area contributed by atoms with Crippen LogP contribution >= 0.6 is 0 Å². The van der Waals surface area contributed by atoms with Crippen molar-refractivity contribution in [2.75, 3.05) is 0 Å². The van der Waals surface area contributed by atoms with Gasteiger partial charge < -0.3 is 0 Å². The Bertz CT molecular complexity index is 526. The van der Waals surface area contributed by atoms with Crippen LogP contribution in [0.5, 0.6) is 0 Å². The summed E-state index contributed by atoms with van der Waals surface area (Å²) >= 11 is 0. The van der Waals surface area contributed by atoms with E-state index in [4.69, 9.17) is 0 Å². The number of halogens is 2. The minimum Gasteiger partial charge on any atom is -0.265 e. The van der Waals surface area contributed by atoms with E-state index in [1.807, 2.05) is 24.6 Å². The molecule has 0 N–H and O–H groups in total. The Morgan fingerprint density at radius 1 is 1.00 bits per heavy atom. The molecule has 0 fully saturated rings. The molecule has 0 amide bonds. The summed E-state index contributed by atoms with van der Waals surface area (Å²) in [5.41, 5.74) is 2.67. The van der Waals surface area contributed by atoms with Crippen LogP contribution in [-0.4, -0.2) is 9.78 Å². The summed E-state index contributed by atoms with van der Waals surface area (Å²) in [6.45, 7) is 4.48. The van der Waals surface area contributed by atoms with E-state index < -0.39 is 11.6 Å². The molecule has 0 unspecified atom stereocenters. The minimum atomic E-state index is -0.550. The van der Waals surface area contributed by atoms with Gasteiger partial charge in [-0.25, -0.2) is 8.78 Å². The largest absolute Gasteiger partial charge is 0.265 e. The molecule has 0 spiro atoms. The van der Waals surface area contributed by atoms with Gasteiger partial charge in [0.15, 0.2) is 0 Å². The molecule has 0 aliphatic heterocycles. The third-order valence-corrected chi connectivity index (χ3v) is 2.89. The summed E-state index contributed by atoms with van der Waals surface area (Å²) in [5, 5.41) is 4.43. The van der Waals surface area contributed by atoms with Crippen molar-refractivity contribution in [3.63, 3.8) is 0 Å². The number of aryl methyl sites for hydroxylation is 2. The van der Waals surface area contributed by atoms with Gasteiger partial charge in [0.05, 0.1) is 12.2 Å². The molecule has 0 radical (unpaired) electrons. The average molecular weight is 250 g/mol. The molecule has 0 saturated heterocycles. The van der Waals surface area contributed by atoms with Crippen LogP contribution in [0.1, 0.15) is 30.8 Å². The van der Waals surface area contributed by atoms with Gasteiger partial charge in [-0.05, 0) is 36.6 Å². The molecular formula is C14H16F2N2. The van der Waals surface area contributed by atoms with Crippen LogP contribution in [0.25, 0.3) is 0 Å². The second-order valence-corrected chi connectivity index (χ2v) is 4.27. The predicted octanol–water partition coefficient (Wildman–Crippen LogP) is 3.33. The topological polar surface area (TPSA) is 17.8 Å². The molecule has 0 atom stereocenters. The van der Waals surface area contributed by atoms with E-state index in [-0.39, 0.29) is 0 Å². The number of nitrogens with zero attached hydrogens (tertiary/aromatic N) is 2. The predicted molar refractivity (Wildman–Crippen MR) is 66.4 cm³/mol. The average Bonchev–Trinajstić information content (AvgIpc) is 2.70. The van der Waals surface area contributed by atoms with Gasteiger partial charge in [-0.1, -0.05) is 13.8 Å². The number of aromatic nitrogens is 2. The molecular weight excluding hydrogens is 234 g/mol. The highest BCUT2D eigenvalue weighted by Gasteiger charge is 2.07. The van der Waals surface area contributed by atoms with Gasteiger partial charge in [-0.15, -0.1) is 0 Å². The molecule has 18 heavy (non-hydrogen) atoms. The van der Waals surface area contributed by atoms with Gasteiger partial charge in [0, 0.05) is 11.8 Å². The second-order valence-electron chi connectivity index (χ2n) is 4.27. The van der Waals surface area contributed by atoms with E-state index in [2.05, 4.69) is 5.10 Å². The van der Waals surface area contributed by atoms with Crippen molar-refractivity contribution in [1.82, 2.24) is 9.78 Å². The van der Waals surface area contributed by atoms with Crippen LogP contribution in [0.2, 0.25) is 0 Å². The zero-order valence-corrected chi connectivity index (χ0v) is 10.6. The Morgan fingerprint density at radius 2 is 1.67 bits per heavy atom. The first-order valence-electron chi connectivity index (χ1n) is 6.13. The van der Waals surface area contributed by atoms with Crippen molar-refractivity contribution < 1.29 is 8.78 Å². The fraction of sp³-hybridized carbons (Fsp3) is 0.357. The summed E-state index contributed by atoms with van der Waals surface area (Å²) in [7, 11) is 0. The SMILES string of the molecule is CCc1cc(CC)n(Cc2cc(F)cc(F)c2)n1. The summed E-state index contributed by atoms with van der Waals surface area (Å²) in [5.74, 6) is -1.10. The Hall–Kier alpha value is -1.71. The molecule has 2 aromatic rings. The zero-order valence-electron chi connectivity index (χ0n) is 10.6. The van der Waals surface area contributed by atoms with Gasteiger partial charge in [0.2, 0.25) is 0 Å². The molecule has 0 saturated carbocycles. The first-order valence-corrected chi connectivity index (χ1v) is 6.13. The lowest BCUT2D eigenvalue weighted by Gasteiger charge is -2.06. The van der Waals surface area contributed by atoms with Crippen LogP contribution < -0.4 is 0 Å². The first kappa shape index (κ1) is 12.7. The van der Waals surface area contributed by atoms with Crippen molar-refractivity contribution in [1.29, 1.82) is 0 Å². The van der Waals surface area contributed by atoms with Crippen LogP contribution in [0, 0.1) is 11.6 Å². The molecule has 4 heteroatoms. The third-order valence-electron chi connectivity index (χ3n) is 2.89. The fourth-order valence-corrected chi connectivity index (χ4v) is 1.98. The van der Waals surface area contributed by atoms with E-state index >= 15 is 0 Å². The number of hydrogen-bond acceptors (Lipinski definition) is 1. The van der Waals surface area contributed by atoms with Gasteiger partial charge in [0.1, 0.15) is 11.6 Å². The van der Waals surface area contributed by atoms with E-state index in [1.165, 1.54) is 12.1 Å². The van der Waals surface area contributed by atoms with E-state index in [1.54, 1.807) is 0 Å². The summed E-state index contributed by atoms with van der Waals surface area (Å²) < 4.78 is 28.0. The maximum Gasteiger partial charge on any atom is 0.126 e. The highest BCUT2D eigenvalue weighted by Crippen LogP contribution is 2.12. The van der Waals surface area contributed by atoms with Crippen LogP contribution in [0.3, 0.4) is 0 Å². The lowest BCUT2D eigenvalue weighted by molar-refractivity contribution is 0.571. The summed E-state index contributed by atoms with van der Waals surface area (Å²) in [6.07, 6.45) is 1.71. The maximum absolute atomic E-state index is 13.1. The van der Waals surface area contributed by atoms with Crippen LogP contribution in [0.15, 0.2) is 24.3 Å². The quantitative estimate of drug-likeness (QED) is 0.813. The van der Waals surface area contributed by atoms with Crippen LogP contribution in [0.4, 0.5) is 8.78 Å². The first-order chi connectivity index (χ1) is 8.62. The monoisotopic (exact) mass is 250 g/mol. The third kappa shape index (κ3) is 2.75. The highest BCUT2D eigenvalue weighted by molar-refractivity contribution is 5.20. The van der Waals surface area contributed by atoms with Crippen molar-refractivity contribution in [3.05, 3.63) is 52.9 Å². The Kier molecular flexibility index (Phi) is 3.75. The standard InChI is InChI=1S/C14H16F2N2/c1-3-13-8-14(4-2)18(17-13)9-10-5-11(15)7-12(16)6-10/h5-8H,3-4,9H2,1-2H3. The van der Waals surface area contributed by atoms with E-state index in [9.17, 15) is 8.78 Å². The molecule has 1 aromatic carbocycles. The lowest BCUT2D eigenvalue weighted by Crippen LogP contribution is -2.06. The maximum atomic E-state index is 13.1. The summed E-state index contributed by atoms with van der Waals surface area (Å²) in [6, 6.07) is 5.60. The Labute approximate surface area is 105 Å². The van der Waals surface area contributed by atoms with Crippen molar-refractivity contribution in [2.24, 2.45) is 0 Å². The minimum absolute atomic E-state index is 0.401. The van der Waals surface area contributed by atoms with Crippen molar-refractivity contribution in [3.8, 4) is 0 Å². The molecule has 1 aromatic heterocycles. The number of rotatable bonds is 4. The molecule has 0 aliphatic rings. The van der Waals surface area contributed by atoms with E-state index in [0.717, 1.165) is 30.3 Å². The summed E-state index contributed by atoms with van der Waals surface area (Å²) in [4.78, 5) is 0. The molecule has 2 rings (SSSR count). The molecule has 2 nitrogen and oxygen atoms in total. The fourth-order valence-electron chi connectivity index (χ4n) is 1.98. The highest BCUT2D eigenvalue weighted by atomic mass is 19.1. The van der Waals surface area contributed by atoms with Gasteiger partial charge in [-0.3, -0.25) is 4.68 Å². The Balaban J connectivity index is 2.29. The second kappa shape index (κ2) is 5.29. The van der Waals surface area contributed by atoms with E-state index in [0.29, 0.717) is 12.1 Å². The number of hydrogen-bond donors (Lipinski definition) is 0. The van der Waals surface area contributed by atoms with Gasteiger partial charge in [-0.2, -0.15) is 5.10 Å². The van der Waals surface area contributed by atoms with Crippen molar-refractivity contribution in [2.45, 2.75) is 33.2 Å². The normalized spacial score (nSPS) is 10.9. The molecule has 1 heterocycles. The molecule has 96 valence electrons. The van der Waals surface area contributed by atoms with Crippen molar-refractivity contribution >= 4 is 0 Å². The lowest BCUT2D eigenvalue weighted by atomic mass is 10.2. The smallest absolute Gasteiger partial charge is 0.126 e. The Morgan fingerprint density at radius 3 is 2.22 bits per heavy atom. The van der Waals surface area contributed by atoms with Gasteiger partial charge in [0.25, 0.3) is 0 Å². The van der Waals surface area contributed by atoms with Crippen LogP contribution in [-0.2, 0) is 19.4 Å². The zero-order chi connectivity index (χ0) is 13.1. The molecule has 0 bridgehead atoms.